The zero-order chi connectivity index (χ0) is 19.1. The number of pyridine rings is 1. The fraction of sp³-hybridized carbons (Fsp3) is 0.316. The number of hydrogen-bond acceptors (Lipinski definition) is 4. The fourth-order valence-electron chi connectivity index (χ4n) is 3.63. The van der Waals surface area contributed by atoms with E-state index in [0.29, 0.717) is 34.0 Å². The molecule has 0 fully saturated rings. The zero-order valence-electron chi connectivity index (χ0n) is 14.8. The molecule has 3 aromatic rings. The van der Waals surface area contributed by atoms with Crippen LogP contribution in [0.3, 0.4) is 0 Å². The Kier molecular flexibility index (Phi) is 4.77. The van der Waals surface area contributed by atoms with Gasteiger partial charge >= 0.3 is 0 Å². The van der Waals surface area contributed by atoms with Crippen LogP contribution in [0.25, 0.3) is 5.65 Å². The van der Waals surface area contributed by atoms with Crippen molar-refractivity contribution in [3.8, 4) is 0 Å². The molecule has 1 aliphatic rings. The minimum Gasteiger partial charge on any atom is -0.365 e. The number of hydrogen-bond donors (Lipinski definition) is 2. The van der Waals surface area contributed by atoms with Gasteiger partial charge in [-0.25, -0.2) is 4.98 Å². The number of anilines is 1. The SMILES string of the molecule is CCc1nc2ccc(Br)cn2c1C(=O)Nc1sc2c(c1C(N)=O)CCCC2. The maximum atomic E-state index is 13.1. The number of carbonyl (C=O) groups excluding carboxylic acids is 2. The van der Waals surface area contributed by atoms with Crippen molar-refractivity contribution in [2.75, 3.05) is 5.32 Å². The molecule has 0 saturated carbocycles. The Morgan fingerprint density at radius 2 is 2.11 bits per heavy atom. The molecule has 6 nitrogen and oxygen atoms in total. The molecule has 0 aliphatic heterocycles. The maximum Gasteiger partial charge on any atom is 0.275 e. The van der Waals surface area contributed by atoms with Crippen LogP contribution in [-0.2, 0) is 19.3 Å². The number of nitrogens with one attached hydrogen (secondary N) is 1. The van der Waals surface area contributed by atoms with Gasteiger partial charge in [-0.1, -0.05) is 6.92 Å². The average Bonchev–Trinajstić information content (AvgIpc) is 3.18. The van der Waals surface area contributed by atoms with Gasteiger partial charge in [-0.15, -0.1) is 11.3 Å². The van der Waals surface area contributed by atoms with E-state index in [-0.39, 0.29) is 5.91 Å². The summed E-state index contributed by atoms with van der Waals surface area (Å²) in [7, 11) is 0. The average molecular weight is 447 g/mol. The molecule has 0 bridgehead atoms. The predicted octanol–water partition coefficient (Wildman–Crippen LogP) is 3.95. The Balaban J connectivity index is 1.77. The number of amides is 2. The highest BCUT2D eigenvalue weighted by molar-refractivity contribution is 9.10. The Labute approximate surface area is 168 Å². The van der Waals surface area contributed by atoms with Crippen LogP contribution in [-0.4, -0.2) is 21.2 Å². The lowest BCUT2D eigenvalue weighted by atomic mass is 9.95. The summed E-state index contributed by atoms with van der Waals surface area (Å²) in [5, 5.41) is 3.49. The molecule has 0 unspecified atom stereocenters. The number of thiophene rings is 1. The smallest absolute Gasteiger partial charge is 0.275 e. The summed E-state index contributed by atoms with van der Waals surface area (Å²) in [6.45, 7) is 1.96. The van der Waals surface area contributed by atoms with E-state index in [1.165, 1.54) is 11.3 Å². The topological polar surface area (TPSA) is 89.5 Å². The van der Waals surface area contributed by atoms with E-state index in [0.717, 1.165) is 40.6 Å². The van der Waals surface area contributed by atoms with Crippen LogP contribution in [0.4, 0.5) is 5.00 Å². The quantitative estimate of drug-likeness (QED) is 0.635. The van der Waals surface area contributed by atoms with Crippen LogP contribution in [0.5, 0.6) is 0 Å². The number of fused-ring (bicyclic) bond motifs is 2. The standard InChI is InChI=1S/C19H19BrN4O2S/c1-2-12-16(24-9-10(20)7-8-14(24)22-12)18(26)23-19-15(17(21)25)11-5-3-4-6-13(11)27-19/h7-9H,2-6H2,1H3,(H2,21,25)(H,23,26). The lowest BCUT2D eigenvalue weighted by Gasteiger charge is -2.11. The van der Waals surface area contributed by atoms with Gasteiger partial charge in [0.05, 0.1) is 11.3 Å². The van der Waals surface area contributed by atoms with Crippen LogP contribution >= 0.6 is 27.3 Å². The van der Waals surface area contributed by atoms with Crippen LogP contribution in [0.1, 0.15) is 56.7 Å². The first-order chi connectivity index (χ1) is 13.0. The molecule has 0 aromatic carbocycles. The number of aromatic nitrogens is 2. The van der Waals surface area contributed by atoms with E-state index >= 15 is 0 Å². The zero-order valence-corrected chi connectivity index (χ0v) is 17.2. The van der Waals surface area contributed by atoms with Gasteiger partial charge in [-0.05, 0) is 65.7 Å². The molecular weight excluding hydrogens is 428 g/mol. The summed E-state index contributed by atoms with van der Waals surface area (Å²) in [4.78, 5) is 30.9. The molecule has 1 aliphatic carbocycles. The predicted molar refractivity (Wildman–Crippen MR) is 110 cm³/mol. The second kappa shape index (κ2) is 7.09. The van der Waals surface area contributed by atoms with Crippen LogP contribution in [0.15, 0.2) is 22.8 Å². The summed E-state index contributed by atoms with van der Waals surface area (Å²) >= 11 is 4.91. The fourth-order valence-corrected chi connectivity index (χ4v) is 5.26. The summed E-state index contributed by atoms with van der Waals surface area (Å²) in [5.41, 5.74) is 9.02. The molecule has 8 heteroatoms. The summed E-state index contributed by atoms with van der Waals surface area (Å²) < 4.78 is 2.63. The molecule has 27 heavy (non-hydrogen) atoms. The van der Waals surface area contributed by atoms with Crippen LogP contribution in [0.2, 0.25) is 0 Å². The van der Waals surface area contributed by atoms with Crippen molar-refractivity contribution in [3.05, 3.63) is 50.2 Å². The third-order valence-electron chi connectivity index (χ3n) is 4.85. The van der Waals surface area contributed by atoms with Gasteiger partial charge in [0.25, 0.3) is 11.8 Å². The molecule has 0 spiro atoms. The van der Waals surface area contributed by atoms with E-state index in [2.05, 4.69) is 26.2 Å². The molecule has 140 valence electrons. The van der Waals surface area contributed by atoms with Crippen LogP contribution in [0, 0.1) is 0 Å². The molecule has 3 N–H and O–H groups in total. The van der Waals surface area contributed by atoms with Gasteiger partial charge in [0.2, 0.25) is 0 Å². The Bertz CT molecular complexity index is 1070. The number of nitrogens with zero attached hydrogens (tertiary/aromatic N) is 2. The maximum absolute atomic E-state index is 13.1. The number of imidazole rings is 1. The highest BCUT2D eigenvalue weighted by Gasteiger charge is 2.26. The van der Waals surface area contributed by atoms with E-state index < -0.39 is 5.91 Å². The number of carbonyl (C=O) groups is 2. The molecule has 0 saturated heterocycles. The van der Waals surface area contributed by atoms with Crippen molar-refractivity contribution >= 4 is 49.7 Å². The van der Waals surface area contributed by atoms with Gasteiger partial charge in [-0.2, -0.15) is 0 Å². The lowest BCUT2D eigenvalue weighted by Crippen LogP contribution is -2.20. The van der Waals surface area contributed by atoms with Gasteiger partial charge in [0.1, 0.15) is 16.3 Å². The Morgan fingerprint density at radius 3 is 2.85 bits per heavy atom. The minimum atomic E-state index is -0.485. The number of primary amides is 1. The Morgan fingerprint density at radius 1 is 1.33 bits per heavy atom. The summed E-state index contributed by atoms with van der Waals surface area (Å²) in [6, 6.07) is 3.75. The van der Waals surface area contributed by atoms with Gasteiger partial charge in [0.15, 0.2) is 0 Å². The second-order valence-corrected chi connectivity index (χ2v) is 8.59. The number of halogens is 1. The number of rotatable bonds is 4. The van der Waals surface area contributed by atoms with E-state index in [1.807, 2.05) is 25.3 Å². The van der Waals surface area contributed by atoms with Crippen molar-refractivity contribution < 1.29 is 9.59 Å². The first-order valence-electron chi connectivity index (χ1n) is 8.91. The van der Waals surface area contributed by atoms with E-state index in [1.54, 1.807) is 4.40 Å². The van der Waals surface area contributed by atoms with E-state index in [9.17, 15) is 9.59 Å². The highest BCUT2D eigenvalue weighted by Crippen LogP contribution is 2.38. The minimum absolute atomic E-state index is 0.279. The first-order valence-corrected chi connectivity index (χ1v) is 10.5. The second-order valence-electron chi connectivity index (χ2n) is 6.57. The third kappa shape index (κ3) is 3.17. The summed E-state index contributed by atoms with van der Waals surface area (Å²) in [5.74, 6) is -0.764. The van der Waals surface area contributed by atoms with E-state index in [4.69, 9.17) is 5.73 Å². The third-order valence-corrected chi connectivity index (χ3v) is 6.53. The molecule has 0 atom stereocenters. The molecular formula is C19H19BrN4O2S. The largest absolute Gasteiger partial charge is 0.365 e. The molecule has 3 aromatic heterocycles. The number of nitrogens with two attached hydrogens (primary N) is 1. The van der Waals surface area contributed by atoms with Crippen molar-refractivity contribution in [2.24, 2.45) is 5.73 Å². The van der Waals surface area contributed by atoms with Crippen molar-refractivity contribution in [1.82, 2.24) is 9.38 Å². The Hall–Kier alpha value is -2.19. The normalized spacial score (nSPS) is 13.6. The summed E-state index contributed by atoms with van der Waals surface area (Å²) in [6.07, 6.45) is 6.36. The van der Waals surface area contributed by atoms with Crippen molar-refractivity contribution in [3.63, 3.8) is 0 Å². The van der Waals surface area contributed by atoms with Crippen LogP contribution < -0.4 is 11.1 Å². The molecule has 4 rings (SSSR count). The van der Waals surface area contributed by atoms with Gasteiger partial charge < -0.3 is 11.1 Å². The van der Waals surface area contributed by atoms with Gasteiger partial charge in [0, 0.05) is 15.5 Å². The van der Waals surface area contributed by atoms with Gasteiger partial charge in [-0.3, -0.25) is 14.0 Å². The molecule has 0 radical (unpaired) electrons. The van der Waals surface area contributed by atoms with Crippen molar-refractivity contribution in [2.45, 2.75) is 39.0 Å². The lowest BCUT2D eigenvalue weighted by molar-refractivity contribution is 0.100. The highest BCUT2D eigenvalue weighted by atomic mass is 79.9. The monoisotopic (exact) mass is 446 g/mol. The first kappa shape index (κ1) is 18.2. The van der Waals surface area contributed by atoms with Crippen molar-refractivity contribution in [1.29, 1.82) is 0 Å². The number of aryl methyl sites for hydroxylation is 2. The molecule has 2 amide bonds. The molecule has 3 heterocycles.